The molecule has 0 saturated carbocycles. The Balaban J connectivity index is 1.70. The van der Waals surface area contributed by atoms with Crippen molar-refractivity contribution in [1.29, 1.82) is 0 Å². The highest BCUT2D eigenvalue weighted by atomic mass is 19.4. The van der Waals surface area contributed by atoms with Gasteiger partial charge in [0.05, 0.1) is 24.0 Å². The van der Waals surface area contributed by atoms with Crippen LogP contribution in [0, 0.1) is 0 Å². The molecule has 0 N–H and O–H groups in total. The molecule has 1 atom stereocenters. The summed E-state index contributed by atoms with van der Waals surface area (Å²) in [5.74, 6) is -0.275. The average molecular weight is 310 g/mol. The number of nitrogens with zero attached hydrogens (tertiary/aromatic N) is 4. The standard InChI is InChI=1S/C14H13F3N4O/c15-14(16,17)11-3-1-10(2-4-11)13(22)20-8-5-12(9-20)21-18-6-7-19-21/h1-4,6-7,12H,5,8-9H2/t12-/m0/s1. The first-order valence-electron chi connectivity index (χ1n) is 6.77. The molecule has 2 heterocycles. The van der Waals surface area contributed by atoms with Gasteiger partial charge >= 0.3 is 6.18 Å². The van der Waals surface area contributed by atoms with E-state index in [0.717, 1.165) is 18.6 Å². The van der Waals surface area contributed by atoms with Crippen molar-refractivity contribution in [2.75, 3.05) is 13.1 Å². The summed E-state index contributed by atoms with van der Waals surface area (Å²) in [7, 11) is 0. The number of carbonyl (C=O) groups is 1. The van der Waals surface area contributed by atoms with E-state index in [-0.39, 0.29) is 17.5 Å². The van der Waals surface area contributed by atoms with Crippen molar-refractivity contribution in [2.45, 2.75) is 18.6 Å². The molecule has 0 aliphatic carbocycles. The van der Waals surface area contributed by atoms with Crippen LogP contribution in [-0.4, -0.2) is 38.9 Å². The molecule has 2 aromatic rings. The summed E-state index contributed by atoms with van der Waals surface area (Å²) in [5.41, 5.74) is -0.508. The highest BCUT2D eigenvalue weighted by molar-refractivity contribution is 5.94. The van der Waals surface area contributed by atoms with Gasteiger partial charge in [0.15, 0.2) is 0 Å². The molecule has 0 bridgehead atoms. The van der Waals surface area contributed by atoms with Crippen molar-refractivity contribution in [2.24, 2.45) is 0 Å². The molecule has 116 valence electrons. The third kappa shape index (κ3) is 2.81. The number of alkyl halides is 3. The zero-order valence-electron chi connectivity index (χ0n) is 11.5. The van der Waals surface area contributed by atoms with E-state index < -0.39 is 11.7 Å². The van der Waals surface area contributed by atoms with Gasteiger partial charge in [-0.15, -0.1) is 0 Å². The van der Waals surface area contributed by atoms with E-state index in [4.69, 9.17) is 0 Å². The minimum absolute atomic E-state index is 0.00778. The highest BCUT2D eigenvalue weighted by Gasteiger charge is 2.32. The molecule has 22 heavy (non-hydrogen) atoms. The van der Waals surface area contributed by atoms with Crippen LogP contribution in [0.5, 0.6) is 0 Å². The third-order valence-corrected chi connectivity index (χ3v) is 3.67. The molecule has 0 unspecified atom stereocenters. The van der Waals surface area contributed by atoms with Crippen molar-refractivity contribution in [3.63, 3.8) is 0 Å². The Morgan fingerprint density at radius 3 is 2.36 bits per heavy atom. The Kier molecular flexibility index (Phi) is 3.59. The number of aromatic nitrogens is 3. The molecule has 1 saturated heterocycles. The zero-order valence-corrected chi connectivity index (χ0v) is 11.5. The predicted octanol–water partition coefficient (Wildman–Crippen LogP) is 2.38. The molecule has 1 amide bonds. The Morgan fingerprint density at radius 1 is 1.14 bits per heavy atom. The van der Waals surface area contributed by atoms with Crippen LogP contribution in [0.3, 0.4) is 0 Å². The fraction of sp³-hybridized carbons (Fsp3) is 0.357. The quantitative estimate of drug-likeness (QED) is 0.856. The van der Waals surface area contributed by atoms with Crippen molar-refractivity contribution in [1.82, 2.24) is 19.9 Å². The van der Waals surface area contributed by atoms with Crippen LogP contribution in [0.1, 0.15) is 28.4 Å². The minimum atomic E-state index is -4.40. The van der Waals surface area contributed by atoms with Crippen LogP contribution >= 0.6 is 0 Å². The van der Waals surface area contributed by atoms with E-state index in [0.29, 0.717) is 13.1 Å². The largest absolute Gasteiger partial charge is 0.416 e. The predicted molar refractivity (Wildman–Crippen MR) is 71.0 cm³/mol. The molecule has 1 fully saturated rings. The zero-order chi connectivity index (χ0) is 15.7. The fourth-order valence-electron chi connectivity index (χ4n) is 2.51. The Labute approximate surface area is 124 Å². The summed E-state index contributed by atoms with van der Waals surface area (Å²) >= 11 is 0. The van der Waals surface area contributed by atoms with E-state index in [9.17, 15) is 18.0 Å². The number of likely N-dealkylation sites (tertiary alicyclic amines) is 1. The summed E-state index contributed by atoms with van der Waals surface area (Å²) in [6, 6.07) is 4.29. The second-order valence-corrected chi connectivity index (χ2v) is 5.12. The monoisotopic (exact) mass is 310 g/mol. The molecular formula is C14H13F3N4O. The van der Waals surface area contributed by atoms with E-state index in [1.807, 2.05) is 0 Å². The van der Waals surface area contributed by atoms with Gasteiger partial charge in [0.2, 0.25) is 0 Å². The van der Waals surface area contributed by atoms with Crippen LogP contribution in [0.4, 0.5) is 13.2 Å². The number of hydrogen-bond acceptors (Lipinski definition) is 3. The Hall–Kier alpha value is -2.38. The smallest absolute Gasteiger partial charge is 0.336 e. The van der Waals surface area contributed by atoms with Gasteiger partial charge in [-0.3, -0.25) is 4.79 Å². The van der Waals surface area contributed by atoms with Gasteiger partial charge in [-0.05, 0) is 30.7 Å². The first-order valence-corrected chi connectivity index (χ1v) is 6.77. The van der Waals surface area contributed by atoms with E-state index >= 15 is 0 Å². The summed E-state index contributed by atoms with van der Waals surface area (Å²) < 4.78 is 37.6. The van der Waals surface area contributed by atoms with Crippen LogP contribution in [0.25, 0.3) is 0 Å². The van der Waals surface area contributed by atoms with E-state index in [1.165, 1.54) is 12.1 Å². The average Bonchev–Trinajstić information content (AvgIpc) is 3.16. The van der Waals surface area contributed by atoms with Crippen molar-refractivity contribution in [3.05, 3.63) is 47.8 Å². The van der Waals surface area contributed by atoms with Crippen LogP contribution in [0.15, 0.2) is 36.7 Å². The molecule has 3 rings (SSSR count). The molecule has 1 aliphatic rings. The Morgan fingerprint density at radius 2 is 1.77 bits per heavy atom. The van der Waals surface area contributed by atoms with Crippen molar-refractivity contribution in [3.8, 4) is 0 Å². The fourth-order valence-corrected chi connectivity index (χ4v) is 2.51. The molecule has 0 radical (unpaired) electrons. The van der Waals surface area contributed by atoms with Crippen molar-refractivity contribution >= 4 is 5.91 Å². The lowest BCUT2D eigenvalue weighted by molar-refractivity contribution is -0.137. The van der Waals surface area contributed by atoms with Crippen molar-refractivity contribution < 1.29 is 18.0 Å². The second kappa shape index (κ2) is 5.43. The summed E-state index contributed by atoms with van der Waals surface area (Å²) in [4.78, 5) is 15.5. The summed E-state index contributed by atoms with van der Waals surface area (Å²) in [6.45, 7) is 0.987. The van der Waals surface area contributed by atoms with Gasteiger partial charge in [0.25, 0.3) is 5.91 Å². The maximum absolute atomic E-state index is 12.5. The minimum Gasteiger partial charge on any atom is -0.336 e. The van der Waals surface area contributed by atoms with Crippen LogP contribution in [-0.2, 0) is 6.18 Å². The lowest BCUT2D eigenvalue weighted by atomic mass is 10.1. The van der Waals surface area contributed by atoms with Gasteiger partial charge in [-0.25, -0.2) is 0 Å². The number of benzene rings is 1. The number of rotatable bonds is 2. The molecule has 1 aliphatic heterocycles. The maximum atomic E-state index is 12.5. The molecular weight excluding hydrogens is 297 g/mol. The molecule has 1 aromatic heterocycles. The first kappa shape index (κ1) is 14.6. The highest BCUT2D eigenvalue weighted by Crippen LogP contribution is 2.29. The summed E-state index contributed by atoms with van der Waals surface area (Å²) in [6.07, 6.45) is -0.534. The van der Waals surface area contributed by atoms with Gasteiger partial charge in [0, 0.05) is 18.7 Å². The third-order valence-electron chi connectivity index (χ3n) is 3.67. The maximum Gasteiger partial charge on any atom is 0.416 e. The SMILES string of the molecule is O=C(c1ccc(C(F)(F)F)cc1)N1CC[C@H](n2nccn2)C1. The summed E-state index contributed by atoms with van der Waals surface area (Å²) in [5, 5.41) is 8.09. The number of halogens is 3. The number of carbonyl (C=O) groups excluding carboxylic acids is 1. The first-order chi connectivity index (χ1) is 10.4. The van der Waals surface area contributed by atoms with Gasteiger partial charge < -0.3 is 4.90 Å². The number of hydrogen-bond donors (Lipinski definition) is 0. The molecule has 1 aromatic carbocycles. The van der Waals surface area contributed by atoms with E-state index in [2.05, 4.69) is 10.2 Å². The molecule has 8 heteroatoms. The molecule has 0 spiro atoms. The second-order valence-electron chi connectivity index (χ2n) is 5.12. The lowest BCUT2D eigenvalue weighted by Gasteiger charge is -2.16. The topological polar surface area (TPSA) is 51.0 Å². The van der Waals surface area contributed by atoms with Gasteiger partial charge in [0.1, 0.15) is 0 Å². The number of amides is 1. The van der Waals surface area contributed by atoms with Gasteiger partial charge in [-0.2, -0.15) is 28.2 Å². The lowest BCUT2D eigenvalue weighted by Crippen LogP contribution is -2.29. The van der Waals surface area contributed by atoms with Crippen LogP contribution < -0.4 is 0 Å². The Bertz CT molecular complexity index is 652. The normalized spacial score (nSPS) is 18.7. The van der Waals surface area contributed by atoms with Crippen LogP contribution in [0.2, 0.25) is 0 Å². The van der Waals surface area contributed by atoms with E-state index in [1.54, 1.807) is 22.1 Å². The molecule has 5 nitrogen and oxygen atoms in total. The van der Waals surface area contributed by atoms with Gasteiger partial charge in [-0.1, -0.05) is 0 Å².